The summed E-state index contributed by atoms with van der Waals surface area (Å²) in [7, 11) is 4.52. The molecule has 1 heterocycles. The number of carbonyl (C=O) groups is 2. The number of pyridine rings is 1. The molecule has 2 amide bonds. The van der Waals surface area contributed by atoms with Crippen LogP contribution in [0.15, 0.2) is 36.5 Å². The number of benzene rings is 1. The Kier molecular flexibility index (Phi) is 6.78. The lowest BCUT2D eigenvalue weighted by Gasteiger charge is -2.10. The number of nitrogens with zero attached hydrogens (tertiary/aromatic N) is 1. The minimum atomic E-state index is -0.400. The topological polar surface area (TPSA) is 98.8 Å². The average Bonchev–Trinajstić information content (AvgIpc) is 2.69. The van der Waals surface area contributed by atoms with Crippen LogP contribution in [0.25, 0.3) is 0 Å². The molecule has 0 fully saturated rings. The molecular formula is C18H21N3O5. The molecule has 0 aliphatic rings. The number of hydrogen-bond donors (Lipinski definition) is 2. The number of amides is 2. The van der Waals surface area contributed by atoms with Gasteiger partial charge in [-0.2, -0.15) is 0 Å². The van der Waals surface area contributed by atoms with E-state index in [4.69, 9.17) is 14.2 Å². The van der Waals surface area contributed by atoms with Gasteiger partial charge in [0.05, 0.1) is 27.9 Å². The summed E-state index contributed by atoms with van der Waals surface area (Å²) in [5.41, 5.74) is 1.18. The highest BCUT2D eigenvalue weighted by atomic mass is 16.5. The molecule has 26 heavy (non-hydrogen) atoms. The van der Waals surface area contributed by atoms with Crippen LogP contribution < -0.4 is 24.8 Å². The second-order valence-electron chi connectivity index (χ2n) is 5.27. The van der Waals surface area contributed by atoms with Gasteiger partial charge in [-0.3, -0.25) is 9.59 Å². The SMILES string of the molecule is COc1cc(OC)cc(C(=O)NCC(=O)NCc2ccnc(OC)c2)c1. The van der Waals surface area contributed by atoms with E-state index in [1.165, 1.54) is 21.3 Å². The number of rotatable bonds is 8. The van der Waals surface area contributed by atoms with Crippen molar-refractivity contribution >= 4 is 11.8 Å². The molecule has 0 unspecified atom stereocenters. The zero-order valence-electron chi connectivity index (χ0n) is 14.9. The van der Waals surface area contributed by atoms with E-state index in [0.717, 1.165) is 5.56 Å². The summed E-state index contributed by atoms with van der Waals surface area (Å²) in [4.78, 5) is 28.1. The predicted octanol–water partition coefficient (Wildman–Crippen LogP) is 1.15. The van der Waals surface area contributed by atoms with Gasteiger partial charge in [-0.1, -0.05) is 0 Å². The molecule has 1 aromatic carbocycles. The highest BCUT2D eigenvalue weighted by molar-refractivity contribution is 5.97. The Morgan fingerprint density at radius 3 is 2.27 bits per heavy atom. The zero-order valence-corrected chi connectivity index (χ0v) is 14.9. The van der Waals surface area contributed by atoms with Gasteiger partial charge in [0.15, 0.2) is 0 Å². The summed E-state index contributed by atoms with van der Waals surface area (Å²) in [5, 5.41) is 5.28. The third kappa shape index (κ3) is 5.37. The van der Waals surface area contributed by atoms with Crippen LogP contribution in [0.5, 0.6) is 17.4 Å². The van der Waals surface area contributed by atoms with Crippen LogP contribution in [0.4, 0.5) is 0 Å². The van der Waals surface area contributed by atoms with Gasteiger partial charge in [0.25, 0.3) is 5.91 Å². The van der Waals surface area contributed by atoms with Crippen molar-refractivity contribution in [2.75, 3.05) is 27.9 Å². The summed E-state index contributed by atoms with van der Waals surface area (Å²) in [6.45, 7) is 0.154. The van der Waals surface area contributed by atoms with Crippen LogP contribution in [-0.4, -0.2) is 44.7 Å². The Hall–Kier alpha value is -3.29. The van der Waals surface area contributed by atoms with Gasteiger partial charge >= 0.3 is 0 Å². The number of carbonyl (C=O) groups excluding carboxylic acids is 2. The lowest BCUT2D eigenvalue weighted by molar-refractivity contribution is -0.120. The molecule has 8 nitrogen and oxygen atoms in total. The molecule has 0 spiro atoms. The van der Waals surface area contributed by atoms with Crippen molar-refractivity contribution in [2.45, 2.75) is 6.54 Å². The van der Waals surface area contributed by atoms with Crippen molar-refractivity contribution in [2.24, 2.45) is 0 Å². The molecule has 0 saturated heterocycles. The molecule has 0 atom stereocenters. The molecule has 138 valence electrons. The Labute approximate surface area is 151 Å². The molecule has 1 aromatic heterocycles. The first-order chi connectivity index (χ1) is 12.5. The number of nitrogens with one attached hydrogen (secondary N) is 2. The summed E-state index contributed by atoms with van der Waals surface area (Å²) >= 11 is 0. The molecule has 0 saturated carbocycles. The molecule has 0 radical (unpaired) electrons. The fraction of sp³-hybridized carbons (Fsp3) is 0.278. The number of ether oxygens (including phenoxy) is 3. The van der Waals surface area contributed by atoms with E-state index in [2.05, 4.69) is 15.6 Å². The Bertz CT molecular complexity index is 757. The van der Waals surface area contributed by atoms with Gasteiger partial charge in [0.1, 0.15) is 11.5 Å². The number of methoxy groups -OCH3 is 3. The first kappa shape index (κ1) is 19.0. The second kappa shape index (κ2) is 9.26. The smallest absolute Gasteiger partial charge is 0.251 e. The lowest BCUT2D eigenvalue weighted by atomic mass is 10.2. The quantitative estimate of drug-likeness (QED) is 0.734. The van der Waals surface area contributed by atoms with Crippen LogP contribution in [0.2, 0.25) is 0 Å². The maximum atomic E-state index is 12.2. The van der Waals surface area contributed by atoms with E-state index in [-0.39, 0.29) is 12.5 Å². The van der Waals surface area contributed by atoms with E-state index in [9.17, 15) is 9.59 Å². The maximum absolute atomic E-state index is 12.2. The molecule has 2 N–H and O–H groups in total. The standard InChI is InChI=1S/C18H21N3O5/c1-24-14-7-13(8-15(9-14)25-2)18(23)21-11-16(22)20-10-12-4-5-19-17(6-12)26-3/h4-9H,10-11H2,1-3H3,(H,20,22)(H,21,23). The minimum Gasteiger partial charge on any atom is -0.497 e. The summed E-state index contributed by atoms with van der Waals surface area (Å²) in [6.07, 6.45) is 1.60. The average molecular weight is 359 g/mol. The van der Waals surface area contributed by atoms with E-state index >= 15 is 0 Å². The first-order valence-electron chi connectivity index (χ1n) is 7.82. The predicted molar refractivity (Wildman–Crippen MR) is 94.5 cm³/mol. The van der Waals surface area contributed by atoms with Crippen LogP contribution in [0.3, 0.4) is 0 Å². The van der Waals surface area contributed by atoms with Crippen molar-refractivity contribution in [3.8, 4) is 17.4 Å². The van der Waals surface area contributed by atoms with Crippen molar-refractivity contribution in [3.05, 3.63) is 47.7 Å². The largest absolute Gasteiger partial charge is 0.497 e. The van der Waals surface area contributed by atoms with E-state index < -0.39 is 5.91 Å². The van der Waals surface area contributed by atoms with Crippen molar-refractivity contribution in [1.29, 1.82) is 0 Å². The summed E-state index contributed by atoms with van der Waals surface area (Å²) < 4.78 is 15.3. The fourth-order valence-electron chi connectivity index (χ4n) is 2.14. The van der Waals surface area contributed by atoms with E-state index in [1.807, 2.05) is 0 Å². The number of aromatic nitrogens is 1. The van der Waals surface area contributed by atoms with Gasteiger partial charge in [-0.25, -0.2) is 4.98 Å². The zero-order chi connectivity index (χ0) is 18.9. The van der Waals surface area contributed by atoms with Gasteiger partial charge in [-0.05, 0) is 23.8 Å². The Morgan fingerprint density at radius 1 is 0.962 bits per heavy atom. The lowest BCUT2D eigenvalue weighted by Crippen LogP contribution is -2.36. The molecule has 0 aliphatic heterocycles. The Balaban J connectivity index is 1.87. The third-order valence-corrected chi connectivity index (χ3v) is 3.52. The van der Waals surface area contributed by atoms with Crippen LogP contribution in [0.1, 0.15) is 15.9 Å². The molecule has 2 rings (SSSR count). The second-order valence-corrected chi connectivity index (χ2v) is 5.27. The molecular weight excluding hydrogens is 338 g/mol. The highest BCUT2D eigenvalue weighted by Gasteiger charge is 2.11. The number of hydrogen-bond acceptors (Lipinski definition) is 6. The van der Waals surface area contributed by atoms with E-state index in [0.29, 0.717) is 29.5 Å². The van der Waals surface area contributed by atoms with Crippen LogP contribution >= 0.6 is 0 Å². The normalized spacial score (nSPS) is 9.96. The van der Waals surface area contributed by atoms with Crippen molar-refractivity contribution in [1.82, 2.24) is 15.6 Å². The summed E-state index contributed by atoms with van der Waals surface area (Å²) in [5.74, 6) is 0.736. The highest BCUT2D eigenvalue weighted by Crippen LogP contribution is 2.22. The maximum Gasteiger partial charge on any atom is 0.251 e. The van der Waals surface area contributed by atoms with Gasteiger partial charge in [-0.15, -0.1) is 0 Å². The Morgan fingerprint density at radius 2 is 1.65 bits per heavy atom. The third-order valence-electron chi connectivity index (χ3n) is 3.52. The van der Waals surface area contributed by atoms with Gasteiger partial charge in [0, 0.05) is 30.4 Å². The monoisotopic (exact) mass is 359 g/mol. The van der Waals surface area contributed by atoms with Crippen LogP contribution in [-0.2, 0) is 11.3 Å². The minimum absolute atomic E-state index is 0.152. The summed E-state index contributed by atoms with van der Waals surface area (Å²) in [6, 6.07) is 8.29. The molecule has 0 bridgehead atoms. The first-order valence-corrected chi connectivity index (χ1v) is 7.82. The van der Waals surface area contributed by atoms with Crippen molar-refractivity contribution < 1.29 is 23.8 Å². The fourth-order valence-corrected chi connectivity index (χ4v) is 2.14. The molecule has 8 heteroatoms. The van der Waals surface area contributed by atoms with Gasteiger partial charge in [0.2, 0.25) is 11.8 Å². The molecule has 2 aromatic rings. The van der Waals surface area contributed by atoms with Crippen molar-refractivity contribution in [3.63, 3.8) is 0 Å². The van der Waals surface area contributed by atoms with Crippen LogP contribution in [0, 0.1) is 0 Å². The van der Waals surface area contributed by atoms with E-state index in [1.54, 1.807) is 36.5 Å². The van der Waals surface area contributed by atoms with Gasteiger partial charge < -0.3 is 24.8 Å². The molecule has 0 aliphatic carbocycles.